The molecule has 0 radical (unpaired) electrons. The highest BCUT2D eigenvalue weighted by molar-refractivity contribution is 14.1. The Morgan fingerprint density at radius 2 is 1.78 bits per heavy atom. The lowest BCUT2D eigenvalue weighted by molar-refractivity contribution is 0.102. The Hall–Kier alpha value is -1.61. The van der Waals surface area contributed by atoms with Crippen LogP contribution in [0.5, 0.6) is 0 Å². The fourth-order valence-electron chi connectivity index (χ4n) is 1.67. The molecule has 0 aliphatic heterocycles. The molecule has 0 unspecified atom stereocenters. The summed E-state index contributed by atoms with van der Waals surface area (Å²) in [5.41, 5.74) is 1.02. The summed E-state index contributed by atoms with van der Waals surface area (Å²) in [5, 5.41) is 2.68. The molecule has 2 amide bonds. The van der Waals surface area contributed by atoms with Crippen molar-refractivity contribution in [1.29, 1.82) is 0 Å². The van der Waals surface area contributed by atoms with Gasteiger partial charge in [-0.25, -0.2) is 4.39 Å². The number of carbonyl (C=O) groups is 2. The van der Waals surface area contributed by atoms with Crippen LogP contribution in [-0.4, -0.2) is 30.1 Å². The Morgan fingerprint density at radius 1 is 1.13 bits per heavy atom. The van der Waals surface area contributed by atoms with Gasteiger partial charge in [0.05, 0.1) is 5.56 Å². The molecule has 0 bridgehead atoms. The summed E-state index contributed by atoms with van der Waals surface area (Å²) in [6.07, 6.45) is 0. The van der Waals surface area contributed by atoms with E-state index in [-0.39, 0.29) is 17.0 Å². The molecule has 0 saturated heterocycles. The van der Waals surface area contributed by atoms with Gasteiger partial charge in [0.25, 0.3) is 11.1 Å². The number of nitrogens with one attached hydrogen (secondary N) is 1. The lowest BCUT2D eigenvalue weighted by Crippen LogP contribution is -2.16. The summed E-state index contributed by atoms with van der Waals surface area (Å²) in [6.45, 7) is 0. The molecule has 120 valence electrons. The molecule has 2 aromatic rings. The molecule has 0 heterocycles. The number of rotatable bonds is 3. The third kappa shape index (κ3) is 4.93. The first-order valence-corrected chi connectivity index (χ1v) is 8.52. The van der Waals surface area contributed by atoms with E-state index in [1.165, 1.54) is 23.1 Å². The van der Waals surface area contributed by atoms with Crippen molar-refractivity contribution in [2.45, 2.75) is 4.90 Å². The number of halogens is 2. The van der Waals surface area contributed by atoms with Gasteiger partial charge in [0, 0.05) is 28.2 Å². The van der Waals surface area contributed by atoms with Crippen LogP contribution in [-0.2, 0) is 0 Å². The van der Waals surface area contributed by atoms with Crippen LogP contribution >= 0.6 is 34.4 Å². The van der Waals surface area contributed by atoms with E-state index in [2.05, 4.69) is 5.32 Å². The van der Waals surface area contributed by atoms with Crippen LogP contribution in [0.2, 0.25) is 0 Å². The molecular formula is C16H14FIN2O2S. The average Bonchev–Trinajstić information content (AvgIpc) is 2.48. The van der Waals surface area contributed by atoms with Crippen LogP contribution in [0.25, 0.3) is 0 Å². The zero-order valence-corrected chi connectivity index (χ0v) is 15.4. The predicted octanol–water partition coefficient (Wildman–Crippen LogP) is 4.46. The Bertz CT molecular complexity index is 735. The number of nitrogens with zero attached hydrogens (tertiary/aromatic N) is 1. The minimum Gasteiger partial charge on any atom is -0.339 e. The molecule has 1 N–H and O–H groups in total. The Balaban J connectivity index is 2.06. The van der Waals surface area contributed by atoms with Crippen molar-refractivity contribution < 1.29 is 14.0 Å². The minimum absolute atomic E-state index is 0.0670. The summed E-state index contributed by atoms with van der Waals surface area (Å²) in [4.78, 5) is 26.1. The summed E-state index contributed by atoms with van der Waals surface area (Å²) in [7, 11) is 3.38. The van der Waals surface area contributed by atoms with Crippen LogP contribution in [0.3, 0.4) is 0 Å². The van der Waals surface area contributed by atoms with E-state index in [0.29, 0.717) is 14.8 Å². The van der Waals surface area contributed by atoms with Crippen molar-refractivity contribution in [3.8, 4) is 0 Å². The number of amides is 2. The quantitative estimate of drug-likeness (QED) is 0.562. The highest BCUT2D eigenvalue weighted by Crippen LogP contribution is 2.23. The Morgan fingerprint density at radius 3 is 2.35 bits per heavy atom. The lowest BCUT2D eigenvalue weighted by Gasteiger charge is -2.10. The highest BCUT2D eigenvalue weighted by Gasteiger charge is 2.11. The number of hydrogen-bond donors (Lipinski definition) is 1. The second-order valence-electron chi connectivity index (χ2n) is 4.87. The van der Waals surface area contributed by atoms with Gasteiger partial charge in [0.2, 0.25) is 0 Å². The summed E-state index contributed by atoms with van der Waals surface area (Å²) < 4.78 is 13.6. The molecule has 2 rings (SSSR count). The number of anilines is 1. The maximum absolute atomic E-state index is 13.1. The zero-order valence-electron chi connectivity index (χ0n) is 12.5. The zero-order chi connectivity index (χ0) is 17.0. The van der Waals surface area contributed by atoms with Crippen LogP contribution in [0.1, 0.15) is 10.4 Å². The van der Waals surface area contributed by atoms with Gasteiger partial charge in [-0.3, -0.25) is 9.59 Å². The molecule has 0 aliphatic carbocycles. The van der Waals surface area contributed by atoms with Crippen LogP contribution < -0.4 is 5.32 Å². The summed E-state index contributed by atoms with van der Waals surface area (Å²) in [6, 6.07) is 11.0. The molecule has 0 aromatic heterocycles. The normalized spacial score (nSPS) is 10.3. The topological polar surface area (TPSA) is 49.4 Å². The second kappa shape index (κ2) is 7.78. The molecule has 0 fully saturated rings. The molecule has 7 heteroatoms. The first-order chi connectivity index (χ1) is 10.9. The fraction of sp³-hybridized carbons (Fsp3) is 0.125. The van der Waals surface area contributed by atoms with Gasteiger partial charge < -0.3 is 10.2 Å². The summed E-state index contributed by atoms with van der Waals surface area (Å²) >= 11 is 3.03. The van der Waals surface area contributed by atoms with Crippen molar-refractivity contribution in [3.63, 3.8) is 0 Å². The maximum Gasteiger partial charge on any atom is 0.285 e. The SMILES string of the molecule is CN(C)C(=O)Sc1ccc(NC(=O)c2ccc(F)cc2I)cc1. The van der Waals surface area contributed by atoms with E-state index >= 15 is 0 Å². The van der Waals surface area contributed by atoms with E-state index in [4.69, 9.17) is 0 Å². The molecular weight excluding hydrogens is 430 g/mol. The van der Waals surface area contributed by atoms with Crippen molar-refractivity contribution >= 4 is 51.2 Å². The summed E-state index contributed by atoms with van der Waals surface area (Å²) in [5.74, 6) is -0.683. The van der Waals surface area contributed by atoms with E-state index in [1.54, 1.807) is 38.4 Å². The van der Waals surface area contributed by atoms with Gasteiger partial charge in [-0.05, 0) is 76.8 Å². The van der Waals surface area contributed by atoms with E-state index in [0.717, 1.165) is 16.7 Å². The van der Waals surface area contributed by atoms with E-state index in [1.807, 2.05) is 22.6 Å². The maximum atomic E-state index is 13.1. The van der Waals surface area contributed by atoms with E-state index in [9.17, 15) is 14.0 Å². The fourth-order valence-corrected chi connectivity index (χ4v) is 3.05. The Kier molecular flexibility index (Phi) is 6.00. The molecule has 2 aromatic carbocycles. The smallest absolute Gasteiger partial charge is 0.285 e. The number of benzene rings is 2. The minimum atomic E-state index is -0.377. The molecule has 0 atom stereocenters. The first-order valence-electron chi connectivity index (χ1n) is 6.62. The van der Waals surface area contributed by atoms with Crippen molar-refractivity contribution in [3.05, 3.63) is 57.4 Å². The average molecular weight is 444 g/mol. The highest BCUT2D eigenvalue weighted by atomic mass is 127. The van der Waals surface area contributed by atoms with Gasteiger partial charge in [-0.15, -0.1) is 0 Å². The first kappa shape index (κ1) is 17.7. The number of carbonyl (C=O) groups excluding carboxylic acids is 2. The van der Waals surface area contributed by atoms with E-state index < -0.39 is 0 Å². The van der Waals surface area contributed by atoms with Gasteiger partial charge in [0.15, 0.2) is 0 Å². The van der Waals surface area contributed by atoms with Gasteiger partial charge in [0.1, 0.15) is 5.82 Å². The number of hydrogen-bond acceptors (Lipinski definition) is 3. The van der Waals surface area contributed by atoms with Crippen molar-refractivity contribution in [2.24, 2.45) is 0 Å². The largest absolute Gasteiger partial charge is 0.339 e. The van der Waals surface area contributed by atoms with Crippen LogP contribution in [0.15, 0.2) is 47.4 Å². The molecule has 4 nitrogen and oxygen atoms in total. The van der Waals surface area contributed by atoms with Crippen LogP contribution in [0, 0.1) is 9.39 Å². The molecule has 0 spiro atoms. The van der Waals surface area contributed by atoms with Crippen molar-refractivity contribution in [1.82, 2.24) is 4.90 Å². The Labute approximate surface area is 151 Å². The predicted molar refractivity (Wildman–Crippen MR) is 98.5 cm³/mol. The third-order valence-corrected chi connectivity index (χ3v) is 4.80. The van der Waals surface area contributed by atoms with Crippen molar-refractivity contribution in [2.75, 3.05) is 19.4 Å². The lowest BCUT2D eigenvalue weighted by atomic mass is 10.2. The standard InChI is InChI=1S/C16H14FIN2O2S/c1-20(2)16(22)23-12-6-4-11(5-7-12)19-15(21)13-8-3-10(17)9-14(13)18/h3-9H,1-2H3,(H,19,21). The molecule has 23 heavy (non-hydrogen) atoms. The molecule has 0 saturated carbocycles. The second-order valence-corrected chi connectivity index (χ2v) is 7.05. The van der Waals surface area contributed by atoms with Gasteiger partial charge in [-0.1, -0.05) is 0 Å². The molecule has 0 aliphatic rings. The van der Waals surface area contributed by atoms with Gasteiger partial charge in [-0.2, -0.15) is 0 Å². The third-order valence-electron chi connectivity index (χ3n) is 2.86. The van der Waals surface area contributed by atoms with Crippen LogP contribution in [0.4, 0.5) is 14.9 Å². The van der Waals surface area contributed by atoms with Gasteiger partial charge >= 0.3 is 0 Å². The number of thioether (sulfide) groups is 1. The monoisotopic (exact) mass is 444 g/mol.